The first-order valence-corrected chi connectivity index (χ1v) is 11.4. The lowest BCUT2D eigenvalue weighted by Gasteiger charge is -2.42. The van der Waals surface area contributed by atoms with Gasteiger partial charge in [0.15, 0.2) is 0 Å². The van der Waals surface area contributed by atoms with Crippen LogP contribution in [0.2, 0.25) is 5.02 Å². The highest BCUT2D eigenvalue weighted by Gasteiger charge is 2.41. The molecule has 0 bridgehead atoms. The summed E-state index contributed by atoms with van der Waals surface area (Å²) in [5, 5.41) is 0.262. The van der Waals surface area contributed by atoms with Gasteiger partial charge in [-0.2, -0.15) is 26.3 Å². The molecular formula is C24H23ClF6N2O4. The Kier molecular flexibility index (Phi) is 8.21. The molecule has 13 heteroatoms. The van der Waals surface area contributed by atoms with Crippen LogP contribution in [0.15, 0.2) is 36.4 Å². The molecule has 1 aliphatic rings. The van der Waals surface area contributed by atoms with Gasteiger partial charge in [0.05, 0.1) is 36.6 Å². The number of hydrogen-bond donors (Lipinski definition) is 0. The van der Waals surface area contributed by atoms with Crippen molar-refractivity contribution >= 4 is 29.5 Å². The van der Waals surface area contributed by atoms with E-state index in [2.05, 4.69) is 0 Å². The standard InChI is InChI=1S/C24H23ClF6N2O4/c1-4-37-22(35)33-13(2)7-19(18-6-5-17(25)11-20(18)33)32(21(34)36-3)12-14-8-15(23(26,27)28)10-16(9-14)24(29,30)31/h5-6,8-11,13,19H,4,7,12H2,1-3H3/t13-,19+/m0/s1. The fourth-order valence-electron chi connectivity index (χ4n) is 4.29. The van der Waals surface area contributed by atoms with E-state index in [1.54, 1.807) is 13.8 Å². The van der Waals surface area contributed by atoms with E-state index in [9.17, 15) is 35.9 Å². The fourth-order valence-corrected chi connectivity index (χ4v) is 4.46. The van der Waals surface area contributed by atoms with Gasteiger partial charge in [0.25, 0.3) is 0 Å². The second-order valence-electron chi connectivity index (χ2n) is 8.38. The van der Waals surface area contributed by atoms with Crippen LogP contribution in [0.1, 0.15) is 48.6 Å². The van der Waals surface area contributed by atoms with E-state index in [1.807, 2.05) is 0 Å². The molecule has 1 heterocycles. The second-order valence-corrected chi connectivity index (χ2v) is 8.82. The van der Waals surface area contributed by atoms with Crippen LogP contribution in [0.25, 0.3) is 0 Å². The van der Waals surface area contributed by atoms with Crippen molar-refractivity contribution < 1.29 is 45.4 Å². The summed E-state index contributed by atoms with van der Waals surface area (Å²) in [7, 11) is 1.04. The lowest BCUT2D eigenvalue weighted by atomic mass is 9.90. The number of halogens is 7. The van der Waals surface area contributed by atoms with Crippen LogP contribution < -0.4 is 4.90 Å². The van der Waals surface area contributed by atoms with Gasteiger partial charge in [-0.3, -0.25) is 9.80 Å². The van der Waals surface area contributed by atoms with Gasteiger partial charge in [-0.05, 0) is 61.7 Å². The molecule has 0 saturated carbocycles. The topological polar surface area (TPSA) is 59.1 Å². The minimum Gasteiger partial charge on any atom is -0.453 e. The van der Waals surface area contributed by atoms with Crippen molar-refractivity contribution in [1.82, 2.24) is 4.90 Å². The highest BCUT2D eigenvalue weighted by molar-refractivity contribution is 6.31. The third-order valence-electron chi connectivity index (χ3n) is 5.87. The molecule has 0 spiro atoms. The molecule has 0 saturated heterocycles. The third kappa shape index (κ3) is 6.23. The van der Waals surface area contributed by atoms with Crippen molar-refractivity contribution in [2.75, 3.05) is 18.6 Å². The van der Waals surface area contributed by atoms with Crippen molar-refractivity contribution in [3.63, 3.8) is 0 Å². The predicted molar refractivity (Wildman–Crippen MR) is 122 cm³/mol. The first-order valence-electron chi connectivity index (χ1n) is 11.1. The van der Waals surface area contributed by atoms with Crippen LogP contribution in [0, 0.1) is 0 Å². The Morgan fingerprint density at radius 3 is 2.16 bits per heavy atom. The Morgan fingerprint density at radius 1 is 1.05 bits per heavy atom. The monoisotopic (exact) mass is 552 g/mol. The van der Waals surface area contributed by atoms with Crippen LogP contribution in [-0.4, -0.2) is 36.8 Å². The molecular weight excluding hydrogens is 530 g/mol. The van der Waals surface area contributed by atoms with E-state index in [4.69, 9.17) is 21.1 Å². The molecule has 1 aliphatic heterocycles. The van der Waals surface area contributed by atoms with E-state index in [1.165, 1.54) is 23.1 Å². The Hall–Kier alpha value is -3.15. The average Bonchev–Trinajstić information content (AvgIpc) is 2.80. The Labute approximate surface area is 213 Å². The predicted octanol–water partition coefficient (Wildman–Crippen LogP) is 7.44. The van der Waals surface area contributed by atoms with Crippen molar-refractivity contribution in [1.29, 1.82) is 0 Å². The van der Waals surface area contributed by atoms with Crippen LogP contribution in [0.3, 0.4) is 0 Å². The lowest BCUT2D eigenvalue weighted by Crippen LogP contribution is -2.47. The van der Waals surface area contributed by atoms with E-state index in [0.29, 0.717) is 23.4 Å². The molecule has 0 fully saturated rings. The molecule has 0 unspecified atom stereocenters. The second kappa shape index (κ2) is 10.7. The Morgan fingerprint density at radius 2 is 1.65 bits per heavy atom. The maximum absolute atomic E-state index is 13.4. The van der Waals surface area contributed by atoms with Gasteiger partial charge in [-0.15, -0.1) is 0 Å². The summed E-state index contributed by atoms with van der Waals surface area (Å²) in [4.78, 5) is 27.8. The van der Waals surface area contributed by atoms with E-state index < -0.39 is 59.9 Å². The minimum absolute atomic E-state index is 0.0170. The molecule has 0 aliphatic carbocycles. The first kappa shape index (κ1) is 28.4. The first-order chi connectivity index (χ1) is 17.2. The van der Waals surface area contributed by atoms with Crippen molar-refractivity contribution in [3.8, 4) is 0 Å². The minimum atomic E-state index is -5.05. The normalized spacial score (nSPS) is 17.7. The molecule has 0 N–H and O–H groups in total. The molecule has 2 aromatic rings. The number of carbonyl (C=O) groups excluding carboxylic acids is 2. The number of fused-ring (bicyclic) bond motifs is 1. The highest BCUT2D eigenvalue weighted by atomic mass is 35.5. The zero-order valence-corrected chi connectivity index (χ0v) is 20.7. The molecule has 6 nitrogen and oxygen atoms in total. The Balaban J connectivity index is 2.12. The smallest absolute Gasteiger partial charge is 0.416 e. The molecule has 37 heavy (non-hydrogen) atoms. The fraction of sp³-hybridized carbons (Fsp3) is 0.417. The SMILES string of the molecule is CCOC(=O)N1c2cc(Cl)ccc2[C@H](N(Cc2cc(C(F)(F)F)cc(C(F)(F)F)c2)C(=O)OC)C[C@@H]1C. The third-order valence-corrected chi connectivity index (χ3v) is 6.10. The Bertz CT molecular complexity index is 1140. The van der Waals surface area contributed by atoms with Crippen LogP contribution >= 0.6 is 11.6 Å². The highest BCUT2D eigenvalue weighted by Crippen LogP contribution is 2.43. The van der Waals surface area contributed by atoms with Gasteiger partial charge in [-0.1, -0.05) is 17.7 Å². The molecule has 2 atom stereocenters. The number of carbonyl (C=O) groups is 2. The number of nitrogens with zero attached hydrogens (tertiary/aromatic N) is 2. The number of alkyl halides is 6. The van der Waals surface area contributed by atoms with Gasteiger partial charge in [0, 0.05) is 17.6 Å². The van der Waals surface area contributed by atoms with Crippen LogP contribution in [0.4, 0.5) is 41.6 Å². The van der Waals surface area contributed by atoms with Crippen molar-refractivity contribution in [2.24, 2.45) is 0 Å². The summed E-state index contributed by atoms with van der Waals surface area (Å²) in [5.41, 5.74) is -2.71. The summed E-state index contributed by atoms with van der Waals surface area (Å²) in [5.74, 6) is 0. The number of anilines is 1. The number of methoxy groups -OCH3 is 1. The number of benzene rings is 2. The molecule has 3 rings (SSSR count). The summed E-state index contributed by atoms with van der Waals surface area (Å²) in [6.45, 7) is 2.75. The molecule has 2 aromatic carbocycles. The van der Waals surface area contributed by atoms with Gasteiger partial charge >= 0.3 is 24.5 Å². The number of ether oxygens (including phenoxy) is 2. The molecule has 2 amide bonds. The summed E-state index contributed by atoms with van der Waals surface area (Å²) in [6, 6.07) is 4.19. The van der Waals surface area contributed by atoms with E-state index in [0.717, 1.165) is 12.0 Å². The van der Waals surface area contributed by atoms with Gasteiger partial charge in [-0.25, -0.2) is 9.59 Å². The van der Waals surface area contributed by atoms with Gasteiger partial charge in [0.2, 0.25) is 0 Å². The maximum atomic E-state index is 13.4. The number of rotatable bonds is 4. The average molecular weight is 553 g/mol. The summed E-state index contributed by atoms with van der Waals surface area (Å²) < 4.78 is 90.3. The number of amides is 2. The summed E-state index contributed by atoms with van der Waals surface area (Å²) in [6.07, 6.45) is -11.7. The zero-order valence-electron chi connectivity index (χ0n) is 19.9. The zero-order chi connectivity index (χ0) is 27.7. The molecule has 0 aromatic heterocycles. The van der Waals surface area contributed by atoms with Gasteiger partial charge < -0.3 is 9.47 Å². The van der Waals surface area contributed by atoms with Crippen molar-refractivity contribution in [3.05, 3.63) is 63.7 Å². The summed E-state index contributed by atoms with van der Waals surface area (Å²) >= 11 is 6.14. The van der Waals surface area contributed by atoms with E-state index >= 15 is 0 Å². The lowest BCUT2D eigenvalue weighted by molar-refractivity contribution is -0.143. The van der Waals surface area contributed by atoms with E-state index in [-0.39, 0.29) is 24.1 Å². The van der Waals surface area contributed by atoms with Crippen LogP contribution in [-0.2, 0) is 28.4 Å². The molecule has 202 valence electrons. The quantitative estimate of drug-likeness (QED) is 0.370. The van der Waals surface area contributed by atoms with Crippen molar-refractivity contribution in [2.45, 2.75) is 51.2 Å². The molecule has 0 radical (unpaired) electrons. The largest absolute Gasteiger partial charge is 0.453 e. The maximum Gasteiger partial charge on any atom is 0.416 e. The van der Waals surface area contributed by atoms with Gasteiger partial charge in [0.1, 0.15) is 0 Å². The van der Waals surface area contributed by atoms with Crippen LogP contribution in [0.5, 0.6) is 0 Å². The number of hydrogen-bond acceptors (Lipinski definition) is 4.